The lowest BCUT2D eigenvalue weighted by Gasteiger charge is -2.20. The number of amides is 1. The Hall–Kier alpha value is -1.73. The van der Waals surface area contributed by atoms with Crippen LogP contribution in [0.25, 0.3) is 0 Å². The van der Waals surface area contributed by atoms with Crippen LogP contribution in [0.2, 0.25) is 0 Å². The zero-order valence-corrected chi connectivity index (χ0v) is 13.4. The molecule has 22 heavy (non-hydrogen) atoms. The first-order valence-electron chi connectivity index (χ1n) is 7.56. The van der Waals surface area contributed by atoms with Gasteiger partial charge in [0.05, 0.1) is 12.1 Å². The maximum atomic E-state index is 12.4. The molecule has 116 valence electrons. The third-order valence-corrected chi connectivity index (χ3v) is 5.37. The Balaban J connectivity index is 1.36. The molecule has 4 heterocycles. The van der Waals surface area contributed by atoms with E-state index in [-0.39, 0.29) is 5.91 Å². The fourth-order valence-corrected chi connectivity index (χ4v) is 4.14. The highest BCUT2D eigenvalue weighted by molar-refractivity contribution is 7.07. The molecule has 1 amide bonds. The predicted octanol–water partition coefficient (Wildman–Crippen LogP) is 1.08. The van der Waals surface area contributed by atoms with Gasteiger partial charge in [-0.05, 0) is 11.8 Å². The summed E-state index contributed by atoms with van der Waals surface area (Å²) in [4.78, 5) is 25.3. The Bertz CT molecular complexity index is 653. The van der Waals surface area contributed by atoms with Crippen molar-refractivity contribution in [2.45, 2.75) is 6.54 Å². The summed E-state index contributed by atoms with van der Waals surface area (Å²) in [6.45, 7) is 4.73. The highest BCUT2D eigenvalue weighted by Gasteiger charge is 2.42. The minimum atomic E-state index is 0.0892. The van der Waals surface area contributed by atoms with Crippen molar-refractivity contribution < 1.29 is 4.79 Å². The number of likely N-dealkylation sites (tertiary alicyclic amines) is 2. The second kappa shape index (κ2) is 5.48. The van der Waals surface area contributed by atoms with Crippen molar-refractivity contribution in [2.75, 3.05) is 26.2 Å². The molecule has 4 rings (SSSR count). The van der Waals surface area contributed by atoms with E-state index in [2.05, 4.69) is 19.4 Å². The average molecular weight is 317 g/mol. The Morgan fingerprint density at radius 1 is 1.27 bits per heavy atom. The van der Waals surface area contributed by atoms with E-state index < -0.39 is 0 Å². The summed E-state index contributed by atoms with van der Waals surface area (Å²) in [6.07, 6.45) is 3.83. The number of rotatable bonds is 3. The third kappa shape index (κ3) is 2.44. The van der Waals surface area contributed by atoms with Crippen LogP contribution in [0.4, 0.5) is 0 Å². The monoisotopic (exact) mass is 317 g/mol. The normalized spacial score (nSPS) is 24.9. The Kier molecular flexibility index (Phi) is 3.46. The molecular weight excluding hydrogens is 298 g/mol. The molecule has 2 fully saturated rings. The molecule has 0 N–H and O–H groups in total. The molecule has 0 aromatic carbocycles. The molecule has 2 aliphatic heterocycles. The van der Waals surface area contributed by atoms with Gasteiger partial charge in [0.1, 0.15) is 11.5 Å². The molecule has 6 nitrogen and oxygen atoms in total. The SMILES string of the molecule is Cn1ccnc1CN1C[C@@H]2CN(C(=O)c3cscn3)C[C@@H]2C1. The van der Waals surface area contributed by atoms with Gasteiger partial charge < -0.3 is 9.47 Å². The van der Waals surface area contributed by atoms with E-state index in [0.29, 0.717) is 17.5 Å². The maximum absolute atomic E-state index is 12.4. The molecule has 0 radical (unpaired) electrons. The number of thiazole rings is 1. The fourth-order valence-electron chi connectivity index (χ4n) is 3.61. The summed E-state index contributed by atoms with van der Waals surface area (Å²) in [6, 6.07) is 0. The van der Waals surface area contributed by atoms with E-state index in [0.717, 1.165) is 38.5 Å². The molecule has 0 spiro atoms. The van der Waals surface area contributed by atoms with Crippen LogP contribution in [0.15, 0.2) is 23.3 Å². The van der Waals surface area contributed by atoms with Gasteiger partial charge in [0.15, 0.2) is 0 Å². The lowest BCUT2D eigenvalue weighted by molar-refractivity contribution is 0.0768. The van der Waals surface area contributed by atoms with Crippen LogP contribution < -0.4 is 0 Å². The minimum Gasteiger partial charge on any atom is -0.337 e. The van der Waals surface area contributed by atoms with Crippen LogP contribution in [0.5, 0.6) is 0 Å². The molecule has 2 aromatic heterocycles. The van der Waals surface area contributed by atoms with Crippen LogP contribution in [-0.2, 0) is 13.6 Å². The number of aromatic nitrogens is 3. The lowest BCUT2D eigenvalue weighted by Crippen LogP contribution is -2.33. The molecule has 0 bridgehead atoms. The Labute approximate surface area is 133 Å². The van der Waals surface area contributed by atoms with Gasteiger partial charge in [-0.3, -0.25) is 9.69 Å². The maximum Gasteiger partial charge on any atom is 0.273 e. The van der Waals surface area contributed by atoms with E-state index in [1.165, 1.54) is 11.3 Å². The minimum absolute atomic E-state index is 0.0892. The first-order valence-corrected chi connectivity index (χ1v) is 8.51. The second-order valence-corrected chi connectivity index (χ2v) is 6.97. The topological polar surface area (TPSA) is 54.3 Å². The first kappa shape index (κ1) is 13.9. The Morgan fingerprint density at radius 3 is 2.64 bits per heavy atom. The summed E-state index contributed by atoms with van der Waals surface area (Å²) in [7, 11) is 2.04. The third-order valence-electron chi connectivity index (χ3n) is 4.79. The molecule has 0 aliphatic carbocycles. The van der Waals surface area contributed by atoms with Crippen molar-refractivity contribution in [1.29, 1.82) is 0 Å². The number of fused-ring (bicyclic) bond motifs is 1. The largest absolute Gasteiger partial charge is 0.337 e. The van der Waals surface area contributed by atoms with Gasteiger partial charge in [0.25, 0.3) is 5.91 Å². The summed E-state index contributed by atoms with van der Waals surface area (Å²) in [5.41, 5.74) is 2.31. The molecule has 2 atom stereocenters. The van der Waals surface area contributed by atoms with Crippen molar-refractivity contribution in [1.82, 2.24) is 24.3 Å². The molecule has 0 saturated carbocycles. The van der Waals surface area contributed by atoms with E-state index in [9.17, 15) is 4.79 Å². The summed E-state index contributed by atoms with van der Waals surface area (Å²) < 4.78 is 2.08. The van der Waals surface area contributed by atoms with E-state index in [1.54, 1.807) is 5.51 Å². The van der Waals surface area contributed by atoms with Crippen molar-refractivity contribution in [3.8, 4) is 0 Å². The van der Waals surface area contributed by atoms with E-state index in [4.69, 9.17) is 0 Å². The van der Waals surface area contributed by atoms with Crippen LogP contribution in [0.1, 0.15) is 16.3 Å². The zero-order valence-electron chi connectivity index (χ0n) is 12.6. The number of hydrogen-bond donors (Lipinski definition) is 0. The van der Waals surface area contributed by atoms with Gasteiger partial charge in [0, 0.05) is 51.0 Å². The molecule has 7 heteroatoms. The predicted molar refractivity (Wildman–Crippen MR) is 83.5 cm³/mol. The van der Waals surface area contributed by atoms with Crippen LogP contribution in [0, 0.1) is 11.8 Å². The molecule has 2 saturated heterocycles. The molecular formula is C15H19N5OS. The second-order valence-electron chi connectivity index (χ2n) is 6.25. The molecule has 2 aliphatic rings. The van der Waals surface area contributed by atoms with Gasteiger partial charge in [-0.15, -0.1) is 11.3 Å². The van der Waals surface area contributed by atoms with E-state index >= 15 is 0 Å². The number of carbonyl (C=O) groups excluding carboxylic acids is 1. The first-order chi connectivity index (χ1) is 10.7. The standard InChI is InChI=1S/C15H19N5OS/c1-18-3-2-16-14(18)8-19-4-11-6-20(7-12(11)5-19)15(21)13-9-22-10-17-13/h2-3,9-12H,4-8H2,1H3/t11-,12+. The average Bonchev–Trinajstić information content (AvgIpc) is 3.23. The zero-order chi connectivity index (χ0) is 15.1. The van der Waals surface area contributed by atoms with Gasteiger partial charge in [0.2, 0.25) is 0 Å². The fraction of sp³-hybridized carbons (Fsp3) is 0.533. The van der Waals surface area contributed by atoms with Crippen LogP contribution in [0.3, 0.4) is 0 Å². The quantitative estimate of drug-likeness (QED) is 0.850. The number of aryl methyl sites for hydroxylation is 1. The summed E-state index contributed by atoms with van der Waals surface area (Å²) in [5, 5.41) is 1.84. The van der Waals surface area contributed by atoms with Crippen LogP contribution in [-0.4, -0.2) is 56.4 Å². The van der Waals surface area contributed by atoms with Crippen LogP contribution >= 0.6 is 11.3 Å². The van der Waals surface area contributed by atoms with Gasteiger partial charge in [-0.2, -0.15) is 0 Å². The van der Waals surface area contributed by atoms with Crippen molar-refractivity contribution in [3.63, 3.8) is 0 Å². The van der Waals surface area contributed by atoms with Crippen molar-refractivity contribution >= 4 is 17.2 Å². The summed E-state index contributed by atoms with van der Waals surface area (Å²) >= 11 is 1.48. The number of carbonyl (C=O) groups is 1. The lowest BCUT2D eigenvalue weighted by atomic mass is 10.0. The molecule has 0 unspecified atom stereocenters. The summed E-state index contributed by atoms with van der Waals surface area (Å²) in [5.74, 6) is 2.37. The van der Waals surface area contributed by atoms with Gasteiger partial charge in [-0.1, -0.05) is 0 Å². The highest BCUT2D eigenvalue weighted by Crippen LogP contribution is 2.32. The van der Waals surface area contributed by atoms with E-state index in [1.807, 2.05) is 29.7 Å². The smallest absolute Gasteiger partial charge is 0.273 e. The molecule has 2 aromatic rings. The van der Waals surface area contributed by atoms with Gasteiger partial charge >= 0.3 is 0 Å². The number of imidazole rings is 1. The number of nitrogens with zero attached hydrogens (tertiary/aromatic N) is 5. The highest BCUT2D eigenvalue weighted by atomic mass is 32.1. The van der Waals surface area contributed by atoms with Gasteiger partial charge in [-0.25, -0.2) is 9.97 Å². The Morgan fingerprint density at radius 2 is 2.05 bits per heavy atom. The number of hydrogen-bond acceptors (Lipinski definition) is 5. The van der Waals surface area contributed by atoms with Crippen molar-refractivity contribution in [2.24, 2.45) is 18.9 Å². The van der Waals surface area contributed by atoms with Crippen molar-refractivity contribution in [3.05, 3.63) is 34.8 Å².